The van der Waals surface area contributed by atoms with E-state index in [2.05, 4.69) is 6.58 Å². The summed E-state index contributed by atoms with van der Waals surface area (Å²) in [5.41, 5.74) is -1.62. The number of rotatable bonds is 2. The first-order valence-corrected chi connectivity index (χ1v) is 4.17. The Morgan fingerprint density at radius 3 is 2.50 bits per heavy atom. The number of halogens is 2. The summed E-state index contributed by atoms with van der Waals surface area (Å²) in [5, 5.41) is 9.63. The molecule has 0 saturated carbocycles. The first kappa shape index (κ1) is 9.78. The molecule has 0 bridgehead atoms. The summed E-state index contributed by atoms with van der Waals surface area (Å²) in [6.07, 6.45) is 1.46. The van der Waals surface area contributed by atoms with Crippen molar-refractivity contribution in [3.8, 4) is 0 Å². The lowest BCUT2D eigenvalue weighted by Crippen LogP contribution is -2.52. The number of Topliss-reactive ketones (excluding diaryl/α,β-unsaturated/α-hetero) is 1. The lowest BCUT2D eigenvalue weighted by atomic mass is 9.77. The molecule has 1 rings (SSSR count). The summed E-state index contributed by atoms with van der Waals surface area (Å²) in [4.78, 5) is 11.1. The lowest BCUT2D eigenvalue weighted by Gasteiger charge is -2.37. The largest absolute Gasteiger partial charge is 0.375 e. The minimum absolute atomic E-state index is 0.0153. The normalized spacial score (nSPS) is 31.5. The quantitative estimate of drug-likeness (QED) is 0.701. The molecule has 12 heavy (non-hydrogen) atoms. The molecule has 0 aromatic carbocycles. The molecule has 4 heteroatoms. The average molecular weight is 207 g/mol. The molecule has 1 aliphatic carbocycles. The molecule has 0 amide bonds. The SMILES string of the molecule is C=CC(C)C1(O)C(=O)C(Cl)=C1Cl. The van der Waals surface area contributed by atoms with Crippen LogP contribution in [0.3, 0.4) is 0 Å². The van der Waals surface area contributed by atoms with E-state index >= 15 is 0 Å². The predicted octanol–water partition coefficient (Wildman–Crippen LogP) is 1.81. The molecule has 0 heterocycles. The molecule has 66 valence electrons. The highest BCUT2D eigenvalue weighted by molar-refractivity contribution is 6.55. The standard InChI is InChI=1S/C8H8Cl2O2/c1-3-4(2)8(12)6(10)5(9)7(8)11/h3-4,12H,1H2,2H3. The van der Waals surface area contributed by atoms with E-state index in [1.54, 1.807) is 6.92 Å². The fraction of sp³-hybridized carbons (Fsp3) is 0.375. The van der Waals surface area contributed by atoms with Crippen LogP contribution < -0.4 is 0 Å². The minimum Gasteiger partial charge on any atom is -0.375 e. The van der Waals surface area contributed by atoms with Crippen molar-refractivity contribution in [2.45, 2.75) is 12.5 Å². The number of carbonyl (C=O) groups is 1. The van der Waals surface area contributed by atoms with E-state index in [1.165, 1.54) is 6.08 Å². The molecule has 0 aliphatic heterocycles. The first-order valence-electron chi connectivity index (χ1n) is 3.41. The van der Waals surface area contributed by atoms with Crippen molar-refractivity contribution < 1.29 is 9.90 Å². The second-order valence-corrected chi connectivity index (χ2v) is 3.50. The van der Waals surface area contributed by atoms with Gasteiger partial charge >= 0.3 is 0 Å². The minimum atomic E-state index is -1.62. The van der Waals surface area contributed by atoms with Gasteiger partial charge in [-0.15, -0.1) is 6.58 Å². The van der Waals surface area contributed by atoms with Gasteiger partial charge in [-0.05, 0) is 0 Å². The van der Waals surface area contributed by atoms with Crippen LogP contribution in [0.25, 0.3) is 0 Å². The second kappa shape index (κ2) is 2.87. The molecule has 1 N–H and O–H groups in total. The monoisotopic (exact) mass is 206 g/mol. The lowest BCUT2D eigenvalue weighted by molar-refractivity contribution is -0.135. The number of ketones is 1. The molecule has 0 saturated heterocycles. The van der Waals surface area contributed by atoms with Gasteiger partial charge in [0.2, 0.25) is 5.78 Å². The maximum Gasteiger partial charge on any atom is 0.213 e. The number of hydrogen-bond acceptors (Lipinski definition) is 2. The Labute approximate surface area is 80.5 Å². The third-order valence-electron chi connectivity index (χ3n) is 2.09. The molecule has 2 atom stereocenters. The van der Waals surface area contributed by atoms with Gasteiger partial charge in [0.15, 0.2) is 5.60 Å². The Hall–Kier alpha value is -0.310. The van der Waals surface area contributed by atoms with Crippen LogP contribution in [0, 0.1) is 5.92 Å². The zero-order valence-electron chi connectivity index (χ0n) is 6.47. The van der Waals surface area contributed by atoms with Gasteiger partial charge in [-0.1, -0.05) is 36.2 Å². The van der Waals surface area contributed by atoms with Crippen molar-refractivity contribution >= 4 is 29.0 Å². The van der Waals surface area contributed by atoms with E-state index in [0.29, 0.717) is 0 Å². The molecule has 0 aromatic rings. The van der Waals surface area contributed by atoms with E-state index < -0.39 is 17.3 Å². The highest BCUT2D eigenvalue weighted by Gasteiger charge is 2.54. The second-order valence-electron chi connectivity index (χ2n) is 2.75. The van der Waals surface area contributed by atoms with Crippen molar-refractivity contribution in [1.29, 1.82) is 0 Å². The maximum atomic E-state index is 11.1. The van der Waals surface area contributed by atoms with Crippen molar-refractivity contribution in [2.24, 2.45) is 5.92 Å². The summed E-state index contributed by atoms with van der Waals surface area (Å²) in [5.74, 6) is -0.943. The van der Waals surface area contributed by atoms with E-state index in [-0.39, 0.29) is 10.1 Å². The molecule has 1 aliphatic rings. The van der Waals surface area contributed by atoms with E-state index in [0.717, 1.165) is 0 Å². The highest BCUT2D eigenvalue weighted by atomic mass is 35.5. The van der Waals surface area contributed by atoms with Gasteiger partial charge in [0, 0.05) is 5.92 Å². The summed E-state index contributed by atoms with van der Waals surface area (Å²) >= 11 is 11.0. The van der Waals surface area contributed by atoms with Crippen LogP contribution in [0.5, 0.6) is 0 Å². The summed E-state index contributed by atoms with van der Waals surface area (Å²) in [7, 11) is 0. The van der Waals surface area contributed by atoms with Gasteiger partial charge in [-0.25, -0.2) is 0 Å². The molecular weight excluding hydrogens is 199 g/mol. The first-order chi connectivity index (χ1) is 5.46. The van der Waals surface area contributed by atoms with Crippen LogP contribution in [0.1, 0.15) is 6.92 Å². The Morgan fingerprint density at radius 2 is 2.17 bits per heavy atom. The summed E-state index contributed by atoms with van der Waals surface area (Å²) in [6.45, 7) is 5.12. The van der Waals surface area contributed by atoms with Crippen LogP contribution >= 0.6 is 23.2 Å². The summed E-state index contributed by atoms with van der Waals surface area (Å²) in [6, 6.07) is 0. The van der Waals surface area contributed by atoms with Gasteiger partial charge in [0.1, 0.15) is 5.03 Å². The Balaban J connectivity index is 3.06. The number of aliphatic hydroxyl groups is 1. The van der Waals surface area contributed by atoms with Crippen molar-refractivity contribution in [2.75, 3.05) is 0 Å². The van der Waals surface area contributed by atoms with E-state index in [1.807, 2.05) is 0 Å². The van der Waals surface area contributed by atoms with Crippen LogP contribution in [0.2, 0.25) is 0 Å². The van der Waals surface area contributed by atoms with Gasteiger partial charge in [0.05, 0.1) is 5.03 Å². The number of carbonyl (C=O) groups excluding carboxylic acids is 1. The molecule has 0 radical (unpaired) electrons. The van der Waals surface area contributed by atoms with Gasteiger partial charge in [-0.2, -0.15) is 0 Å². The van der Waals surface area contributed by atoms with E-state index in [4.69, 9.17) is 23.2 Å². The van der Waals surface area contributed by atoms with Crippen molar-refractivity contribution in [3.05, 3.63) is 22.7 Å². The Morgan fingerprint density at radius 1 is 1.67 bits per heavy atom. The average Bonchev–Trinajstić information content (AvgIpc) is 2.12. The fourth-order valence-electron chi connectivity index (χ4n) is 1.05. The maximum absolute atomic E-state index is 11.1. The van der Waals surface area contributed by atoms with Crippen LogP contribution in [0.4, 0.5) is 0 Å². The molecule has 0 aromatic heterocycles. The third kappa shape index (κ3) is 0.954. The highest BCUT2D eigenvalue weighted by Crippen LogP contribution is 2.44. The van der Waals surface area contributed by atoms with E-state index in [9.17, 15) is 9.90 Å². The molecule has 0 fully saturated rings. The Kier molecular flexibility index (Phi) is 2.34. The Bertz CT molecular complexity index is 283. The van der Waals surface area contributed by atoms with Crippen molar-refractivity contribution in [3.63, 3.8) is 0 Å². The zero-order chi connectivity index (χ0) is 9.52. The van der Waals surface area contributed by atoms with Crippen LogP contribution in [-0.4, -0.2) is 16.5 Å². The molecular formula is C8H8Cl2O2. The van der Waals surface area contributed by atoms with Gasteiger partial charge in [0.25, 0.3) is 0 Å². The fourth-order valence-corrected chi connectivity index (χ4v) is 1.68. The van der Waals surface area contributed by atoms with Crippen LogP contribution in [-0.2, 0) is 4.79 Å². The third-order valence-corrected chi connectivity index (χ3v) is 3.02. The smallest absolute Gasteiger partial charge is 0.213 e. The molecule has 0 spiro atoms. The summed E-state index contributed by atoms with van der Waals surface area (Å²) < 4.78 is 0. The van der Waals surface area contributed by atoms with Gasteiger partial charge in [-0.3, -0.25) is 4.79 Å². The molecule has 2 unspecified atom stereocenters. The van der Waals surface area contributed by atoms with Gasteiger partial charge < -0.3 is 5.11 Å². The topological polar surface area (TPSA) is 37.3 Å². The molecule has 2 nitrogen and oxygen atoms in total. The zero-order valence-corrected chi connectivity index (χ0v) is 7.99. The number of hydrogen-bond donors (Lipinski definition) is 1. The van der Waals surface area contributed by atoms with Crippen molar-refractivity contribution in [1.82, 2.24) is 0 Å². The predicted molar refractivity (Wildman–Crippen MR) is 48.0 cm³/mol. The van der Waals surface area contributed by atoms with Crippen LogP contribution in [0.15, 0.2) is 22.7 Å².